The molecule has 2 N–H and O–H groups in total. The van der Waals surface area contributed by atoms with Gasteiger partial charge in [-0.25, -0.2) is 0 Å². The fraction of sp³-hybridized carbons (Fsp3) is 0.333. The second-order valence-electron chi connectivity index (χ2n) is 4.19. The Bertz CT molecular complexity index is 438. The van der Waals surface area contributed by atoms with Gasteiger partial charge in [0.25, 0.3) is 0 Å². The lowest BCUT2D eigenvalue weighted by Gasteiger charge is -2.16. The fourth-order valence-electron chi connectivity index (χ4n) is 1.16. The van der Waals surface area contributed by atoms with Crippen LogP contribution >= 0.6 is 15.9 Å². The molecule has 0 aromatic heterocycles. The summed E-state index contributed by atoms with van der Waals surface area (Å²) in [6, 6.07) is 7.00. The van der Waals surface area contributed by atoms with E-state index in [9.17, 15) is 9.59 Å². The maximum absolute atomic E-state index is 11.7. The third-order valence-electron chi connectivity index (χ3n) is 1.98. The average Bonchev–Trinajstić information content (AvgIpc) is 2.15. The number of benzene rings is 1. The van der Waals surface area contributed by atoms with Crippen molar-refractivity contribution in [1.82, 2.24) is 0 Å². The van der Waals surface area contributed by atoms with Crippen LogP contribution in [0, 0.1) is 0 Å². The van der Waals surface area contributed by atoms with E-state index in [2.05, 4.69) is 26.6 Å². The van der Waals surface area contributed by atoms with E-state index in [0.717, 1.165) is 0 Å². The first-order valence-corrected chi connectivity index (χ1v) is 5.96. The highest BCUT2D eigenvalue weighted by atomic mass is 79.9. The molecule has 1 rings (SSSR count). The van der Waals surface area contributed by atoms with Crippen LogP contribution in [0.25, 0.3) is 0 Å². The summed E-state index contributed by atoms with van der Waals surface area (Å²) in [6.07, 6.45) is 0. The number of halogens is 1. The summed E-state index contributed by atoms with van der Waals surface area (Å²) >= 11 is 3.28. The molecule has 1 aromatic rings. The largest absolute Gasteiger partial charge is 0.326 e. The summed E-state index contributed by atoms with van der Waals surface area (Å²) in [5, 5.41) is 5.41. The van der Waals surface area contributed by atoms with Crippen LogP contribution < -0.4 is 10.6 Å². The van der Waals surface area contributed by atoms with Crippen molar-refractivity contribution in [3.05, 3.63) is 24.3 Å². The topological polar surface area (TPSA) is 58.2 Å². The Hall–Kier alpha value is -1.36. The number of hydrogen-bond acceptors (Lipinski definition) is 2. The van der Waals surface area contributed by atoms with Gasteiger partial charge in [-0.2, -0.15) is 0 Å². The van der Waals surface area contributed by atoms with Crippen LogP contribution in [0.1, 0.15) is 20.8 Å². The van der Waals surface area contributed by atoms with E-state index in [1.165, 1.54) is 6.92 Å². The zero-order valence-electron chi connectivity index (χ0n) is 10.0. The third kappa shape index (κ3) is 4.56. The quantitative estimate of drug-likeness (QED) is 0.843. The van der Waals surface area contributed by atoms with Crippen LogP contribution in [0.4, 0.5) is 11.4 Å². The van der Waals surface area contributed by atoms with E-state index in [-0.39, 0.29) is 11.8 Å². The normalized spacial score (nSPS) is 10.8. The van der Waals surface area contributed by atoms with Gasteiger partial charge in [0.1, 0.15) is 0 Å². The van der Waals surface area contributed by atoms with Crippen molar-refractivity contribution in [2.75, 3.05) is 10.6 Å². The molecule has 0 fully saturated rings. The lowest BCUT2D eigenvalue weighted by Crippen LogP contribution is -2.30. The molecule has 0 unspecified atom stereocenters. The van der Waals surface area contributed by atoms with E-state index in [0.29, 0.717) is 11.4 Å². The second kappa shape index (κ2) is 5.31. The van der Waals surface area contributed by atoms with Crippen molar-refractivity contribution in [3.63, 3.8) is 0 Å². The average molecular weight is 299 g/mol. The zero-order valence-corrected chi connectivity index (χ0v) is 11.6. The van der Waals surface area contributed by atoms with E-state index < -0.39 is 4.32 Å². The first-order valence-electron chi connectivity index (χ1n) is 5.17. The van der Waals surface area contributed by atoms with E-state index >= 15 is 0 Å². The molecule has 0 radical (unpaired) electrons. The molecular formula is C12H15BrN2O2. The minimum Gasteiger partial charge on any atom is -0.326 e. The summed E-state index contributed by atoms with van der Waals surface area (Å²) in [5.41, 5.74) is 1.30. The van der Waals surface area contributed by atoms with E-state index in [4.69, 9.17) is 0 Å². The van der Waals surface area contributed by atoms with Crippen molar-refractivity contribution in [2.45, 2.75) is 25.1 Å². The van der Waals surface area contributed by atoms with Crippen molar-refractivity contribution < 1.29 is 9.59 Å². The Morgan fingerprint density at radius 2 is 1.71 bits per heavy atom. The molecule has 0 bridgehead atoms. The van der Waals surface area contributed by atoms with E-state index in [1.807, 2.05) is 0 Å². The number of rotatable bonds is 3. The second-order valence-corrected chi connectivity index (χ2v) is 6.17. The summed E-state index contributed by atoms with van der Waals surface area (Å²) in [6.45, 7) is 4.97. The van der Waals surface area contributed by atoms with Gasteiger partial charge >= 0.3 is 0 Å². The van der Waals surface area contributed by atoms with Gasteiger partial charge in [0.05, 0.1) is 4.32 Å². The number of carbonyl (C=O) groups excluding carboxylic acids is 2. The number of hydrogen-bond donors (Lipinski definition) is 2. The van der Waals surface area contributed by atoms with Crippen LogP contribution in [0.15, 0.2) is 24.3 Å². The van der Waals surface area contributed by atoms with Crippen LogP contribution in [-0.4, -0.2) is 16.1 Å². The van der Waals surface area contributed by atoms with Gasteiger partial charge in [-0.3, -0.25) is 9.59 Å². The Kier molecular flexibility index (Phi) is 4.28. The molecule has 0 spiro atoms. The van der Waals surface area contributed by atoms with Crippen LogP contribution in [0.2, 0.25) is 0 Å². The number of carbonyl (C=O) groups is 2. The summed E-state index contributed by atoms with van der Waals surface area (Å²) in [7, 11) is 0. The standard InChI is InChI=1S/C12H15BrN2O2/c1-8(16)14-9-5-4-6-10(7-9)15-11(17)12(2,3)13/h4-7H,1-3H3,(H,14,16)(H,15,17). The Balaban J connectivity index is 2.79. The van der Waals surface area contributed by atoms with Crippen molar-refractivity contribution in [1.29, 1.82) is 0 Å². The minimum absolute atomic E-state index is 0.141. The predicted octanol–water partition coefficient (Wildman–Crippen LogP) is 2.76. The summed E-state index contributed by atoms with van der Waals surface area (Å²) in [4.78, 5) is 22.6. The maximum atomic E-state index is 11.7. The van der Waals surface area contributed by atoms with Crippen molar-refractivity contribution in [2.24, 2.45) is 0 Å². The molecule has 0 atom stereocenters. The van der Waals surface area contributed by atoms with Crippen LogP contribution in [-0.2, 0) is 9.59 Å². The molecule has 0 saturated heterocycles. The lowest BCUT2D eigenvalue weighted by atomic mass is 10.2. The first-order chi connectivity index (χ1) is 7.79. The molecule has 0 aliphatic heterocycles. The SMILES string of the molecule is CC(=O)Nc1cccc(NC(=O)C(C)(C)Br)c1. The monoisotopic (exact) mass is 298 g/mol. The molecule has 0 aliphatic carbocycles. The van der Waals surface area contributed by atoms with Gasteiger partial charge in [-0.05, 0) is 32.0 Å². The number of nitrogens with one attached hydrogen (secondary N) is 2. The van der Waals surface area contributed by atoms with Crippen molar-refractivity contribution in [3.8, 4) is 0 Å². The van der Waals surface area contributed by atoms with Crippen LogP contribution in [0.3, 0.4) is 0 Å². The highest BCUT2D eigenvalue weighted by Crippen LogP contribution is 2.20. The van der Waals surface area contributed by atoms with E-state index in [1.54, 1.807) is 38.1 Å². The van der Waals surface area contributed by atoms with Gasteiger partial charge in [-0.1, -0.05) is 22.0 Å². The number of amides is 2. The zero-order chi connectivity index (χ0) is 13.1. The lowest BCUT2D eigenvalue weighted by molar-refractivity contribution is -0.117. The highest BCUT2D eigenvalue weighted by Gasteiger charge is 2.23. The van der Waals surface area contributed by atoms with Gasteiger partial charge in [0.2, 0.25) is 11.8 Å². The molecule has 1 aromatic carbocycles. The Morgan fingerprint density at radius 1 is 1.18 bits per heavy atom. The molecule has 2 amide bonds. The number of anilines is 2. The van der Waals surface area contributed by atoms with Gasteiger partial charge < -0.3 is 10.6 Å². The maximum Gasteiger partial charge on any atom is 0.240 e. The fourth-order valence-corrected chi connectivity index (χ4v) is 1.26. The third-order valence-corrected chi connectivity index (χ3v) is 2.34. The molecule has 0 aliphatic rings. The van der Waals surface area contributed by atoms with Gasteiger partial charge in [0.15, 0.2) is 0 Å². The van der Waals surface area contributed by atoms with Crippen LogP contribution in [0.5, 0.6) is 0 Å². The smallest absolute Gasteiger partial charge is 0.240 e. The number of alkyl halides is 1. The highest BCUT2D eigenvalue weighted by molar-refractivity contribution is 9.10. The van der Waals surface area contributed by atoms with Crippen molar-refractivity contribution >= 4 is 39.1 Å². The van der Waals surface area contributed by atoms with Gasteiger partial charge in [-0.15, -0.1) is 0 Å². The molecule has 0 heterocycles. The Morgan fingerprint density at radius 3 is 2.18 bits per heavy atom. The summed E-state index contributed by atoms with van der Waals surface area (Å²) in [5.74, 6) is -0.285. The molecule has 17 heavy (non-hydrogen) atoms. The summed E-state index contributed by atoms with van der Waals surface area (Å²) < 4.78 is -0.628. The minimum atomic E-state index is -0.628. The predicted molar refractivity (Wildman–Crippen MR) is 72.4 cm³/mol. The Labute approximate surface area is 109 Å². The van der Waals surface area contributed by atoms with Gasteiger partial charge in [0, 0.05) is 18.3 Å². The first kappa shape index (κ1) is 13.7. The molecule has 5 heteroatoms. The molecule has 92 valence electrons. The molecular weight excluding hydrogens is 284 g/mol. The molecule has 0 saturated carbocycles. The molecule has 4 nitrogen and oxygen atoms in total.